The van der Waals surface area contributed by atoms with Crippen molar-refractivity contribution in [1.82, 2.24) is 0 Å². The molecule has 0 aromatic rings. The van der Waals surface area contributed by atoms with E-state index >= 15 is 0 Å². The SMILES string of the molecule is COC(=O)/C=C/C1=CC(=O)CCC1. The molecule has 0 N–H and O–H groups in total. The number of carbonyl (C=O) groups is 2. The van der Waals surface area contributed by atoms with Crippen LogP contribution in [0.1, 0.15) is 19.3 Å². The van der Waals surface area contributed by atoms with Crippen molar-refractivity contribution in [2.45, 2.75) is 19.3 Å². The van der Waals surface area contributed by atoms with Crippen molar-refractivity contribution in [3.05, 3.63) is 23.8 Å². The minimum Gasteiger partial charge on any atom is -0.466 e. The monoisotopic (exact) mass is 180 g/mol. The fourth-order valence-electron chi connectivity index (χ4n) is 1.19. The van der Waals surface area contributed by atoms with Gasteiger partial charge in [0.25, 0.3) is 0 Å². The van der Waals surface area contributed by atoms with Crippen molar-refractivity contribution in [2.24, 2.45) is 0 Å². The molecule has 0 spiro atoms. The van der Waals surface area contributed by atoms with Crippen LogP contribution in [0, 0.1) is 0 Å². The van der Waals surface area contributed by atoms with Crippen LogP contribution in [0.5, 0.6) is 0 Å². The molecular formula is C10H12O3. The maximum absolute atomic E-state index is 11.0. The molecular weight excluding hydrogens is 168 g/mol. The largest absolute Gasteiger partial charge is 0.466 e. The molecule has 3 heteroatoms. The van der Waals surface area contributed by atoms with Gasteiger partial charge in [-0.1, -0.05) is 6.08 Å². The van der Waals surface area contributed by atoms with Gasteiger partial charge in [-0.05, 0) is 24.5 Å². The van der Waals surface area contributed by atoms with E-state index in [-0.39, 0.29) is 11.8 Å². The maximum Gasteiger partial charge on any atom is 0.330 e. The minimum atomic E-state index is -0.390. The third-order valence-corrected chi connectivity index (χ3v) is 1.87. The molecule has 0 bridgehead atoms. The van der Waals surface area contributed by atoms with Gasteiger partial charge in [-0.2, -0.15) is 0 Å². The van der Waals surface area contributed by atoms with Crippen molar-refractivity contribution in [1.29, 1.82) is 0 Å². The molecule has 0 amide bonds. The van der Waals surface area contributed by atoms with Gasteiger partial charge in [0.15, 0.2) is 5.78 Å². The van der Waals surface area contributed by atoms with E-state index in [1.165, 1.54) is 13.2 Å². The van der Waals surface area contributed by atoms with E-state index in [0.29, 0.717) is 6.42 Å². The average Bonchev–Trinajstić information content (AvgIpc) is 2.14. The summed E-state index contributed by atoms with van der Waals surface area (Å²) in [6.45, 7) is 0. The molecule has 70 valence electrons. The topological polar surface area (TPSA) is 43.4 Å². The summed E-state index contributed by atoms with van der Waals surface area (Å²) >= 11 is 0. The zero-order valence-corrected chi connectivity index (χ0v) is 7.58. The number of methoxy groups -OCH3 is 1. The van der Waals surface area contributed by atoms with Crippen molar-refractivity contribution in [3.8, 4) is 0 Å². The number of hydrogen-bond acceptors (Lipinski definition) is 3. The Bertz CT molecular complexity index is 274. The first-order chi connectivity index (χ1) is 6.22. The molecule has 13 heavy (non-hydrogen) atoms. The Morgan fingerprint density at radius 2 is 2.31 bits per heavy atom. The number of hydrogen-bond donors (Lipinski definition) is 0. The Morgan fingerprint density at radius 3 is 2.92 bits per heavy atom. The quantitative estimate of drug-likeness (QED) is 0.476. The Morgan fingerprint density at radius 1 is 1.54 bits per heavy atom. The number of carbonyl (C=O) groups excluding carboxylic acids is 2. The minimum absolute atomic E-state index is 0.135. The highest BCUT2D eigenvalue weighted by atomic mass is 16.5. The molecule has 0 atom stereocenters. The van der Waals surface area contributed by atoms with Crippen molar-refractivity contribution in [3.63, 3.8) is 0 Å². The Balaban J connectivity index is 2.58. The van der Waals surface area contributed by atoms with Crippen molar-refractivity contribution >= 4 is 11.8 Å². The molecule has 1 aliphatic rings. The number of rotatable bonds is 2. The summed E-state index contributed by atoms with van der Waals surface area (Å²) in [5, 5.41) is 0. The van der Waals surface area contributed by atoms with E-state index in [1.807, 2.05) is 0 Å². The molecule has 0 aromatic heterocycles. The molecule has 0 saturated heterocycles. The summed E-state index contributed by atoms with van der Waals surface area (Å²) in [7, 11) is 1.33. The zero-order chi connectivity index (χ0) is 9.68. The zero-order valence-electron chi connectivity index (χ0n) is 7.58. The summed E-state index contributed by atoms with van der Waals surface area (Å²) in [5.41, 5.74) is 0.904. The number of esters is 1. The van der Waals surface area contributed by atoms with Crippen LogP contribution in [-0.2, 0) is 14.3 Å². The molecule has 0 heterocycles. The maximum atomic E-state index is 11.0. The summed E-state index contributed by atoms with van der Waals surface area (Å²) in [6.07, 6.45) is 6.92. The molecule has 3 nitrogen and oxygen atoms in total. The van der Waals surface area contributed by atoms with Crippen LogP contribution < -0.4 is 0 Å². The van der Waals surface area contributed by atoms with Gasteiger partial charge < -0.3 is 4.74 Å². The Hall–Kier alpha value is -1.38. The number of ketones is 1. The second-order valence-corrected chi connectivity index (χ2v) is 2.90. The van der Waals surface area contributed by atoms with E-state index in [9.17, 15) is 9.59 Å². The highest BCUT2D eigenvalue weighted by Gasteiger charge is 2.07. The lowest BCUT2D eigenvalue weighted by Crippen LogP contribution is -2.01. The van der Waals surface area contributed by atoms with Gasteiger partial charge in [-0.25, -0.2) is 4.79 Å². The van der Waals surface area contributed by atoms with E-state index < -0.39 is 0 Å². The highest BCUT2D eigenvalue weighted by molar-refractivity contribution is 5.92. The Labute approximate surface area is 77.1 Å². The van der Waals surface area contributed by atoms with Crippen LogP contribution >= 0.6 is 0 Å². The normalized spacial score (nSPS) is 17.3. The van der Waals surface area contributed by atoms with Gasteiger partial charge in [0.05, 0.1) is 7.11 Å². The van der Waals surface area contributed by atoms with Gasteiger partial charge in [0.1, 0.15) is 0 Å². The van der Waals surface area contributed by atoms with Crippen molar-refractivity contribution in [2.75, 3.05) is 7.11 Å². The highest BCUT2D eigenvalue weighted by Crippen LogP contribution is 2.15. The molecule has 0 saturated carbocycles. The Kier molecular flexibility index (Phi) is 3.43. The van der Waals surface area contributed by atoms with Gasteiger partial charge in [0.2, 0.25) is 0 Å². The molecule has 1 aliphatic carbocycles. The smallest absolute Gasteiger partial charge is 0.330 e. The fourth-order valence-corrected chi connectivity index (χ4v) is 1.19. The third kappa shape index (κ3) is 3.23. The lowest BCUT2D eigenvalue weighted by atomic mass is 9.98. The predicted molar refractivity (Wildman–Crippen MR) is 48.1 cm³/mol. The predicted octanol–water partition coefficient (Wildman–Crippen LogP) is 1.39. The van der Waals surface area contributed by atoms with Gasteiger partial charge in [-0.15, -0.1) is 0 Å². The summed E-state index contributed by atoms with van der Waals surface area (Å²) < 4.78 is 4.43. The van der Waals surface area contributed by atoms with Gasteiger partial charge >= 0.3 is 5.97 Å². The third-order valence-electron chi connectivity index (χ3n) is 1.87. The van der Waals surface area contributed by atoms with E-state index in [1.54, 1.807) is 12.2 Å². The first kappa shape index (κ1) is 9.71. The van der Waals surface area contributed by atoms with Crippen LogP contribution in [0.3, 0.4) is 0 Å². The second-order valence-electron chi connectivity index (χ2n) is 2.90. The van der Waals surface area contributed by atoms with Crippen molar-refractivity contribution < 1.29 is 14.3 Å². The first-order valence-corrected chi connectivity index (χ1v) is 4.22. The lowest BCUT2D eigenvalue weighted by Gasteiger charge is -2.06. The van der Waals surface area contributed by atoms with E-state index in [4.69, 9.17) is 0 Å². The summed E-state index contributed by atoms with van der Waals surface area (Å²) in [5.74, 6) is -0.255. The molecule has 0 aliphatic heterocycles. The number of allylic oxidation sites excluding steroid dienone is 3. The second kappa shape index (κ2) is 4.60. The van der Waals surface area contributed by atoms with Crippen LogP contribution in [-0.4, -0.2) is 18.9 Å². The van der Waals surface area contributed by atoms with E-state index in [0.717, 1.165) is 18.4 Å². The number of ether oxygens (including phenoxy) is 1. The van der Waals surface area contributed by atoms with Crippen LogP contribution in [0.25, 0.3) is 0 Å². The molecule has 0 aromatic carbocycles. The first-order valence-electron chi connectivity index (χ1n) is 4.22. The standard InChI is InChI=1S/C10H12O3/c1-13-10(12)6-5-8-3-2-4-9(11)7-8/h5-7H,2-4H2,1H3/b6-5+. The fraction of sp³-hybridized carbons (Fsp3) is 0.400. The van der Waals surface area contributed by atoms with Gasteiger partial charge in [0, 0.05) is 12.5 Å². The van der Waals surface area contributed by atoms with Crippen LogP contribution in [0.4, 0.5) is 0 Å². The molecule has 0 fully saturated rings. The summed E-state index contributed by atoms with van der Waals surface area (Å²) in [4.78, 5) is 21.7. The van der Waals surface area contributed by atoms with Crippen LogP contribution in [0.2, 0.25) is 0 Å². The summed E-state index contributed by atoms with van der Waals surface area (Å²) in [6, 6.07) is 0. The van der Waals surface area contributed by atoms with Gasteiger partial charge in [-0.3, -0.25) is 4.79 Å². The average molecular weight is 180 g/mol. The molecule has 1 rings (SSSR count). The van der Waals surface area contributed by atoms with E-state index in [2.05, 4.69) is 4.74 Å². The molecule has 0 radical (unpaired) electrons. The molecule has 0 unspecified atom stereocenters. The van der Waals surface area contributed by atoms with Crippen LogP contribution in [0.15, 0.2) is 23.8 Å². The lowest BCUT2D eigenvalue weighted by molar-refractivity contribution is -0.134.